The molecule has 0 amide bonds. The van der Waals surface area contributed by atoms with Crippen molar-refractivity contribution in [3.05, 3.63) is 275 Å². The van der Waals surface area contributed by atoms with Crippen LogP contribution in [0.5, 0.6) is 0 Å². The quantitative estimate of drug-likeness (QED) is 0.105. The number of nitrogens with zero attached hydrogens (tertiary/aromatic N) is 2. The van der Waals surface area contributed by atoms with E-state index in [1.807, 2.05) is 78.9 Å². The molecule has 0 aromatic heterocycles. The Morgan fingerprint density at radius 2 is 0.537 bits per heavy atom. The van der Waals surface area contributed by atoms with Crippen LogP contribution in [0.15, 0.2) is 253 Å². The van der Waals surface area contributed by atoms with Gasteiger partial charge in [-0.25, -0.2) is 0 Å². The van der Waals surface area contributed by atoms with E-state index in [0.717, 1.165) is 62.8 Å². The number of para-hydroxylation sites is 4. The van der Waals surface area contributed by atoms with Gasteiger partial charge < -0.3 is 26.4 Å². The molecule has 0 aliphatic rings. The number of hydrogen-bond donors (Lipinski definition) is 2. The second-order valence-electron chi connectivity index (χ2n) is 16.6. The van der Waals surface area contributed by atoms with Gasteiger partial charge in [0.25, 0.3) is 0 Å². The Morgan fingerprint density at radius 3 is 0.746 bits per heavy atom. The fourth-order valence-electron chi connectivity index (χ4n) is 6.89. The van der Waals surface area contributed by atoms with Gasteiger partial charge in [-0.05, 0) is 144 Å². The first-order valence-electron chi connectivity index (χ1n) is 22.1. The van der Waals surface area contributed by atoms with Crippen molar-refractivity contribution in [2.75, 3.05) is 21.3 Å². The molecule has 0 radical (unpaired) electrons. The van der Waals surface area contributed by atoms with Crippen molar-refractivity contribution in [3.63, 3.8) is 0 Å². The second-order valence-corrected chi connectivity index (χ2v) is 17.5. The van der Waals surface area contributed by atoms with Crippen LogP contribution in [0.2, 0.25) is 0 Å². The molecule has 0 fully saturated rings. The van der Waals surface area contributed by atoms with Crippen molar-refractivity contribution in [3.8, 4) is 0 Å². The minimum atomic E-state index is -0.750. The van der Waals surface area contributed by atoms with Gasteiger partial charge in [-0.1, -0.05) is 176 Å². The van der Waals surface area contributed by atoms with E-state index in [-0.39, 0.29) is 29.6 Å². The van der Waals surface area contributed by atoms with Gasteiger partial charge in [0.1, 0.15) is 0 Å². The van der Waals surface area contributed by atoms with E-state index in [1.54, 1.807) is 20.8 Å². The third-order valence-corrected chi connectivity index (χ3v) is 10.5. The van der Waals surface area contributed by atoms with Crippen LogP contribution in [0, 0.1) is 0 Å². The van der Waals surface area contributed by atoms with Crippen molar-refractivity contribution in [1.29, 1.82) is 0 Å². The zero-order valence-electron chi connectivity index (χ0n) is 38.9. The second kappa shape index (κ2) is 26.7. The maximum Gasteiger partial charge on any atom is 1.00 e. The van der Waals surface area contributed by atoms with Crippen molar-refractivity contribution in [2.45, 2.75) is 39.2 Å². The first-order valence-corrected chi connectivity index (χ1v) is 22.9. The molecule has 9 aromatic rings. The van der Waals surface area contributed by atoms with Gasteiger partial charge in [0.15, 0.2) is 0 Å². The molecule has 4 N–H and O–H groups in total. The summed E-state index contributed by atoms with van der Waals surface area (Å²) in [5.41, 5.74) is 24.1. The zero-order valence-corrected chi connectivity index (χ0v) is 42.5. The maximum absolute atomic E-state index is 10.1. The van der Waals surface area contributed by atoms with E-state index in [0.29, 0.717) is 0 Å². The molecular weight excluding hydrogens is 896 g/mol. The first-order chi connectivity index (χ1) is 32.0. The number of nitrogen functional groups attached to an aromatic ring is 2. The Morgan fingerprint density at radius 1 is 0.343 bits per heavy atom. The average molecular weight is 954 g/mol. The van der Waals surface area contributed by atoms with Crippen LogP contribution in [0.25, 0.3) is 0 Å². The summed E-state index contributed by atoms with van der Waals surface area (Å²) in [5.74, 6) is 0. The van der Waals surface area contributed by atoms with Crippen LogP contribution in [0.1, 0.15) is 43.0 Å². The van der Waals surface area contributed by atoms with E-state index in [4.69, 9.17) is 11.5 Å². The molecule has 0 atom stereocenters. The number of anilines is 8. The summed E-state index contributed by atoms with van der Waals surface area (Å²) in [7, 11) is 0. The van der Waals surface area contributed by atoms with Crippen LogP contribution in [-0.2, 0) is 12.8 Å². The van der Waals surface area contributed by atoms with E-state index in [1.165, 1.54) is 22.3 Å². The predicted octanol–water partition coefficient (Wildman–Crippen LogP) is 12.3. The van der Waals surface area contributed by atoms with Crippen molar-refractivity contribution >= 4 is 61.4 Å². The van der Waals surface area contributed by atoms with Gasteiger partial charge in [0.2, 0.25) is 0 Å². The number of halogens is 1. The molecule has 0 unspecified atom stereocenters. The van der Waals surface area contributed by atoms with Crippen molar-refractivity contribution < 1.29 is 34.7 Å². The summed E-state index contributed by atoms with van der Waals surface area (Å²) in [5, 5.41) is 10.1. The third-order valence-electron chi connectivity index (χ3n) is 9.96. The monoisotopic (exact) mass is 952 g/mol. The average Bonchev–Trinajstić information content (AvgIpc) is 3.33. The molecule has 0 heterocycles. The summed E-state index contributed by atoms with van der Waals surface area (Å²) in [6.07, 6.45) is 1.80. The fourth-order valence-corrected chi connectivity index (χ4v) is 7.19. The Hall–Kier alpha value is -6.38. The van der Waals surface area contributed by atoms with E-state index in [2.05, 4.69) is 196 Å². The molecule has 7 heteroatoms. The van der Waals surface area contributed by atoms with Crippen LogP contribution >= 0.6 is 15.9 Å². The molecule has 332 valence electrons. The largest absolute Gasteiger partial charge is 1.00 e. The van der Waals surface area contributed by atoms with Gasteiger partial charge in [-0.3, -0.25) is 0 Å². The van der Waals surface area contributed by atoms with Gasteiger partial charge in [-0.15, -0.1) is 5.60 Å². The number of hydrogen-bond acceptors (Lipinski definition) is 5. The molecule has 9 rings (SSSR count). The maximum atomic E-state index is 10.1. The summed E-state index contributed by atoms with van der Waals surface area (Å²) >= 11 is 3.31. The number of benzene rings is 9. The van der Waals surface area contributed by atoms with Crippen LogP contribution in [0.4, 0.5) is 45.5 Å². The Labute approximate surface area is 428 Å². The first kappa shape index (κ1) is 51.6. The topological polar surface area (TPSA) is 81.6 Å². The van der Waals surface area contributed by atoms with Crippen molar-refractivity contribution in [2.24, 2.45) is 0 Å². The number of rotatable bonds is 10. The summed E-state index contributed by atoms with van der Waals surface area (Å²) in [6, 6.07) is 85.8. The summed E-state index contributed by atoms with van der Waals surface area (Å²) in [4.78, 5) is 4.58. The Kier molecular flexibility index (Phi) is 20.6. The van der Waals surface area contributed by atoms with E-state index >= 15 is 0 Å². The van der Waals surface area contributed by atoms with Crippen molar-refractivity contribution in [1.82, 2.24) is 0 Å². The number of nitrogens with two attached hydrogens (primary N) is 2. The molecule has 67 heavy (non-hydrogen) atoms. The van der Waals surface area contributed by atoms with Gasteiger partial charge in [0.05, 0.1) is 0 Å². The zero-order chi connectivity index (χ0) is 46.6. The minimum Gasteiger partial charge on any atom is -0.850 e. The van der Waals surface area contributed by atoms with Crippen LogP contribution < -0.4 is 55.9 Å². The molecule has 0 spiro atoms. The van der Waals surface area contributed by atoms with Crippen LogP contribution in [-0.4, -0.2) is 5.60 Å². The standard InChI is InChI=1S/C37H30N2.C13H14N2.C6H5Br.C4H9O.Na/c1-5-13-32(14-6-1)38(33-15-7-2-8-16-33)36-25-21-30(22-26-36)29-31-23-27-37(28-24-31)39(34-17-9-3-10-18-34)35-19-11-4-12-20-35;14-12-5-1-10(2-6-12)9-11-3-7-13(15)8-4-11;7-6-4-2-1-3-5-6;1-4(2,3)5;/h1-28H,29H2;1-8H,9,14-15H2;1-5H;1-3H3;/q;;;-1;+1. The molecule has 0 saturated carbocycles. The van der Waals surface area contributed by atoms with Gasteiger partial charge in [-0.2, -0.15) is 0 Å². The third kappa shape index (κ3) is 17.7. The molecule has 0 saturated heterocycles. The molecule has 9 aromatic carbocycles. The predicted molar refractivity (Wildman–Crippen MR) is 283 cm³/mol. The summed E-state index contributed by atoms with van der Waals surface area (Å²) in [6.45, 7) is 4.90. The molecule has 0 bridgehead atoms. The molecule has 5 nitrogen and oxygen atoms in total. The van der Waals surface area contributed by atoms with Crippen LogP contribution in [0.3, 0.4) is 0 Å². The van der Waals surface area contributed by atoms with Gasteiger partial charge >= 0.3 is 29.6 Å². The fraction of sp³-hybridized carbons (Fsp3) is 0.100. The Bertz CT molecular complexity index is 2470. The minimum absolute atomic E-state index is 0. The molecule has 0 aliphatic heterocycles. The SMILES string of the molecule is Brc1ccccc1.CC(C)(C)[O-].Nc1ccc(Cc2ccc(N)cc2)cc1.[Na+].c1ccc(N(c2ccccc2)c2ccc(Cc3ccc(N(c4ccccc4)c4ccccc4)cc3)cc2)cc1. The van der Waals surface area contributed by atoms with E-state index < -0.39 is 5.60 Å². The molecule has 0 aliphatic carbocycles. The molecular formula is C60H58BrN4NaO. The van der Waals surface area contributed by atoms with E-state index in [9.17, 15) is 5.11 Å². The normalized spacial score (nSPS) is 10.3. The smallest absolute Gasteiger partial charge is 0.850 e. The van der Waals surface area contributed by atoms with Gasteiger partial charge in [0, 0.05) is 50.0 Å². The Balaban J connectivity index is 0.000000244. The summed E-state index contributed by atoms with van der Waals surface area (Å²) < 4.78 is 1.13.